The number of fused-ring (bicyclic) bond motifs is 1. The Morgan fingerprint density at radius 1 is 1.47 bits per heavy atom. The second kappa shape index (κ2) is 5.10. The topological polar surface area (TPSA) is 27.1 Å². The van der Waals surface area contributed by atoms with E-state index in [1.807, 2.05) is 6.92 Å². The fourth-order valence-corrected chi connectivity index (χ4v) is 2.93. The molecule has 1 aromatic carbocycles. The molecule has 1 saturated carbocycles. The summed E-state index contributed by atoms with van der Waals surface area (Å²) in [5, 5.41) is 0. The van der Waals surface area contributed by atoms with E-state index in [0.29, 0.717) is 23.5 Å². The summed E-state index contributed by atoms with van der Waals surface area (Å²) >= 11 is 5.96. The van der Waals surface area contributed by atoms with Crippen LogP contribution in [0, 0.1) is 5.82 Å². The number of benzene rings is 1. The number of alkyl halides is 1. The van der Waals surface area contributed by atoms with Crippen molar-refractivity contribution in [2.75, 3.05) is 6.61 Å². The van der Waals surface area contributed by atoms with Crippen molar-refractivity contribution >= 4 is 22.6 Å². The Bertz CT molecular complexity index is 592. The van der Waals surface area contributed by atoms with Gasteiger partial charge in [-0.1, -0.05) is 0 Å². The van der Waals surface area contributed by atoms with Crippen molar-refractivity contribution in [1.82, 2.24) is 9.55 Å². The van der Waals surface area contributed by atoms with E-state index in [4.69, 9.17) is 16.3 Å². The number of hydrogen-bond acceptors (Lipinski definition) is 2. The van der Waals surface area contributed by atoms with Gasteiger partial charge in [-0.3, -0.25) is 0 Å². The third kappa shape index (κ3) is 2.23. The Hall–Kier alpha value is -1.13. The van der Waals surface area contributed by atoms with Gasteiger partial charge < -0.3 is 9.30 Å². The van der Waals surface area contributed by atoms with Crippen molar-refractivity contribution in [3.8, 4) is 0 Å². The van der Waals surface area contributed by atoms with Crippen molar-refractivity contribution in [2.45, 2.75) is 37.8 Å². The maximum atomic E-state index is 13.2. The first kappa shape index (κ1) is 12.9. The Labute approximate surface area is 116 Å². The fourth-order valence-electron chi connectivity index (χ4n) is 2.74. The minimum absolute atomic E-state index is 0.265. The van der Waals surface area contributed by atoms with Crippen molar-refractivity contribution < 1.29 is 9.13 Å². The molecule has 1 aliphatic carbocycles. The standard InChI is InChI=1S/C14H16ClFN2O/c1-2-19-11-6-10(7-11)18-13-4-3-9(16)5-12(13)17-14(18)8-15/h3-5,10-11H,2,6-8H2,1H3. The van der Waals surface area contributed by atoms with Crippen LogP contribution in [0.25, 0.3) is 11.0 Å². The number of halogens is 2. The summed E-state index contributed by atoms with van der Waals surface area (Å²) in [4.78, 5) is 4.42. The Balaban J connectivity index is 1.94. The number of rotatable bonds is 4. The smallest absolute Gasteiger partial charge is 0.125 e. The predicted octanol–water partition coefficient (Wildman–Crippen LogP) is 3.65. The van der Waals surface area contributed by atoms with Gasteiger partial charge in [-0.25, -0.2) is 9.37 Å². The highest BCUT2D eigenvalue weighted by molar-refractivity contribution is 6.16. The highest BCUT2D eigenvalue weighted by Crippen LogP contribution is 2.38. The van der Waals surface area contributed by atoms with E-state index in [-0.39, 0.29) is 5.82 Å². The highest BCUT2D eigenvalue weighted by Gasteiger charge is 2.33. The SMILES string of the molecule is CCOC1CC(n2c(CCl)nc3cc(F)ccc32)C1. The average Bonchev–Trinajstić information content (AvgIpc) is 2.70. The highest BCUT2D eigenvalue weighted by atomic mass is 35.5. The molecule has 5 heteroatoms. The molecular weight excluding hydrogens is 267 g/mol. The molecule has 19 heavy (non-hydrogen) atoms. The van der Waals surface area contributed by atoms with E-state index in [9.17, 15) is 4.39 Å². The van der Waals surface area contributed by atoms with Crippen molar-refractivity contribution in [1.29, 1.82) is 0 Å². The predicted molar refractivity (Wildman–Crippen MR) is 72.9 cm³/mol. The molecule has 0 unspecified atom stereocenters. The summed E-state index contributed by atoms with van der Waals surface area (Å²) in [6.45, 7) is 2.75. The zero-order valence-electron chi connectivity index (χ0n) is 10.8. The minimum atomic E-state index is -0.265. The maximum absolute atomic E-state index is 13.2. The van der Waals surface area contributed by atoms with E-state index in [0.717, 1.165) is 30.8 Å². The van der Waals surface area contributed by atoms with Crippen LogP contribution in [0.15, 0.2) is 18.2 Å². The molecule has 1 aromatic heterocycles. The van der Waals surface area contributed by atoms with Crippen LogP contribution in [-0.4, -0.2) is 22.3 Å². The van der Waals surface area contributed by atoms with E-state index < -0.39 is 0 Å². The quantitative estimate of drug-likeness (QED) is 0.800. The van der Waals surface area contributed by atoms with Gasteiger partial charge in [0.15, 0.2) is 0 Å². The molecule has 1 fully saturated rings. The van der Waals surface area contributed by atoms with Crippen LogP contribution in [0.2, 0.25) is 0 Å². The van der Waals surface area contributed by atoms with Gasteiger partial charge in [-0.05, 0) is 31.9 Å². The monoisotopic (exact) mass is 282 g/mol. The second-order valence-corrected chi connectivity index (χ2v) is 5.13. The van der Waals surface area contributed by atoms with Gasteiger partial charge in [0.2, 0.25) is 0 Å². The Morgan fingerprint density at radius 3 is 2.95 bits per heavy atom. The van der Waals surface area contributed by atoms with Gasteiger partial charge in [-0.15, -0.1) is 11.6 Å². The van der Waals surface area contributed by atoms with Gasteiger partial charge in [0, 0.05) is 18.7 Å². The second-order valence-electron chi connectivity index (χ2n) is 4.87. The molecule has 102 valence electrons. The average molecular weight is 283 g/mol. The molecule has 0 radical (unpaired) electrons. The lowest BCUT2D eigenvalue weighted by Crippen LogP contribution is -2.34. The molecule has 1 heterocycles. The largest absolute Gasteiger partial charge is 0.378 e. The molecule has 2 aromatic rings. The van der Waals surface area contributed by atoms with Crippen LogP contribution in [0.1, 0.15) is 31.6 Å². The van der Waals surface area contributed by atoms with Gasteiger partial charge >= 0.3 is 0 Å². The van der Waals surface area contributed by atoms with Crippen LogP contribution < -0.4 is 0 Å². The molecule has 1 aliphatic rings. The summed E-state index contributed by atoms with van der Waals surface area (Å²) in [5.41, 5.74) is 1.63. The fraction of sp³-hybridized carbons (Fsp3) is 0.500. The molecule has 0 amide bonds. The van der Waals surface area contributed by atoms with E-state index >= 15 is 0 Å². The van der Waals surface area contributed by atoms with Gasteiger partial charge in [0.1, 0.15) is 11.6 Å². The van der Waals surface area contributed by atoms with Gasteiger partial charge in [0.25, 0.3) is 0 Å². The third-order valence-electron chi connectivity index (χ3n) is 3.68. The van der Waals surface area contributed by atoms with Crippen molar-refractivity contribution in [3.05, 3.63) is 29.8 Å². The van der Waals surface area contributed by atoms with E-state index in [1.54, 1.807) is 6.07 Å². The molecule has 0 spiro atoms. The minimum Gasteiger partial charge on any atom is -0.378 e. The third-order valence-corrected chi connectivity index (χ3v) is 3.92. The number of imidazole rings is 1. The molecule has 0 saturated heterocycles. The number of aromatic nitrogens is 2. The first-order valence-corrected chi connectivity index (χ1v) is 7.10. The lowest BCUT2D eigenvalue weighted by Gasteiger charge is -2.36. The maximum Gasteiger partial charge on any atom is 0.125 e. The molecule has 0 atom stereocenters. The van der Waals surface area contributed by atoms with Crippen LogP contribution in [0.3, 0.4) is 0 Å². The summed E-state index contributed by atoms with van der Waals surface area (Å²) in [6, 6.07) is 5.07. The molecule has 0 N–H and O–H groups in total. The number of nitrogens with zero attached hydrogens (tertiary/aromatic N) is 2. The van der Waals surface area contributed by atoms with Crippen LogP contribution in [0.5, 0.6) is 0 Å². The van der Waals surface area contributed by atoms with Crippen molar-refractivity contribution in [2.24, 2.45) is 0 Å². The Morgan fingerprint density at radius 2 is 2.26 bits per heavy atom. The summed E-state index contributed by atoms with van der Waals surface area (Å²) in [6.07, 6.45) is 2.28. The van der Waals surface area contributed by atoms with Crippen molar-refractivity contribution in [3.63, 3.8) is 0 Å². The van der Waals surface area contributed by atoms with E-state index in [2.05, 4.69) is 9.55 Å². The summed E-state index contributed by atoms with van der Waals surface area (Å²) < 4.78 is 21.0. The lowest BCUT2D eigenvalue weighted by molar-refractivity contribution is -0.0192. The molecule has 0 aliphatic heterocycles. The van der Waals surface area contributed by atoms with Crippen LogP contribution in [-0.2, 0) is 10.6 Å². The van der Waals surface area contributed by atoms with Gasteiger partial charge in [-0.2, -0.15) is 0 Å². The first-order valence-electron chi connectivity index (χ1n) is 6.56. The molecule has 3 rings (SSSR count). The zero-order chi connectivity index (χ0) is 13.4. The van der Waals surface area contributed by atoms with Crippen LogP contribution in [0.4, 0.5) is 4.39 Å². The van der Waals surface area contributed by atoms with E-state index in [1.165, 1.54) is 12.1 Å². The Kier molecular flexibility index (Phi) is 3.46. The molecule has 3 nitrogen and oxygen atoms in total. The lowest BCUT2D eigenvalue weighted by atomic mass is 9.88. The molecule has 0 bridgehead atoms. The number of ether oxygens (including phenoxy) is 1. The van der Waals surface area contributed by atoms with Gasteiger partial charge in [0.05, 0.1) is 23.0 Å². The van der Waals surface area contributed by atoms with Crippen LogP contribution >= 0.6 is 11.6 Å². The first-order chi connectivity index (χ1) is 9.22. The normalized spacial score (nSPS) is 22.7. The summed E-state index contributed by atoms with van der Waals surface area (Å²) in [5.74, 6) is 0.882. The zero-order valence-corrected chi connectivity index (χ0v) is 11.5. The number of hydrogen-bond donors (Lipinski definition) is 0. The summed E-state index contributed by atoms with van der Waals surface area (Å²) in [7, 11) is 0. The molecular formula is C14H16ClFN2O.